The second-order valence-electron chi connectivity index (χ2n) is 4.45. The van der Waals surface area contributed by atoms with Gasteiger partial charge in [0.25, 0.3) is 5.69 Å². The van der Waals surface area contributed by atoms with Crippen molar-refractivity contribution in [3.05, 3.63) is 63.7 Å². The maximum Gasteiger partial charge on any atom is 0.339 e. The monoisotopic (exact) mass is 321 g/mol. The Morgan fingerprint density at radius 2 is 1.77 bits per heavy atom. The van der Waals surface area contributed by atoms with Gasteiger partial charge in [-0.1, -0.05) is 17.7 Å². The average Bonchev–Trinajstić information content (AvgIpc) is 2.47. The van der Waals surface area contributed by atoms with Crippen LogP contribution < -0.4 is 4.18 Å². The third-order valence-electron chi connectivity index (χ3n) is 2.84. The van der Waals surface area contributed by atoms with Crippen LogP contribution in [0.3, 0.4) is 0 Å². The number of aldehydes is 1. The highest BCUT2D eigenvalue weighted by molar-refractivity contribution is 7.87. The molecule has 0 unspecified atom stereocenters. The number of aryl methyl sites for hydroxylation is 1. The third kappa shape index (κ3) is 3.29. The minimum atomic E-state index is -4.10. The molecule has 0 aliphatic rings. The molecule has 0 radical (unpaired) electrons. The molecule has 0 aromatic heterocycles. The van der Waals surface area contributed by atoms with Crippen LogP contribution in [0.4, 0.5) is 5.69 Å². The summed E-state index contributed by atoms with van der Waals surface area (Å²) in [5.41, 5.74) is 0.196. The van der Waals surface area contributed by atoms with Crippen molar-refractivity contribution in [2.24, 2.45) is 0 Å². The largest absolute Gasteiger partial charge is 0.379 e. The molecule has 0 heterocycles. The zero-order chi connectivity index (χ0) is 16.3. The Morgan fingerprint density at radius 1 is 1.14 bits per heavy atom. The standard InChI is InChI=1S/C14H11NO6S/c1-10-2-6-13(7-3-10)22(19,20)21-12-5-4-11(9-16)14(8-12)15(17)18/h2-9H,1H3. The van der Waals surface area contributed by atoms with E-state index < -0.39 is 20.7 Å². The van der Waals surface area contributed by atoms with Crippen molar-refractivity contribution >= 4 is 22.1 Å². The summed E-state index contributed by atoms with van der Waals surface area (Å²) in [6.45, 7) is 1.80. The number of hydrogen-bond donors (Lipinski definition) is 0. The lowest BCUT2D eigenvalue weighted by atomic mass is 10.2. The number of hydrogen-bond acceptors (Lipinski definition) is 6. The van der Waals surface area contributed by atoms with Gasteiger partial charge < -0.3 is 4.18 Å². The van der Waals surface area contributed by atoms with Crippen molar-refractivity contribution in [2.45, 2.75) is 11.8 Å². The first-order valence-electron chi connectivity index (χ1n) is 6.08. The molecule has 0 spiro atoms. The molecule has 2 rings (SSSR count). The van der Waals surface area contributed by atoms with Gasteiger partial charge >= 0.3 is 10.1 Å². The van der Waals surface area contributed by atoms with Gasteiger partial charge in [0, 0.05) is 0 Å². The van der Waals surface area contributed by atoms with Crippen LogP contribution in [0, 0.1) is 17.0 Å². The molecule has 0 aliphatic carbocycles. The Bertz CT molecular complexity index is 827. The zero-order valence-electron chi connectivity index (χ0n) is 11.4. The van der Waals surface area contributed by atoms with Crippen molar-refractivity contribution in [1.29, 1.82) is 0 Å². The predicted octanol–water partition coefficient (Wildman–Crippen LogP) is 2.48. The van der Waals surface area contributed by atoms with Crippen molar-refractivity contribution in [3.63, 3.8) is 0 Å². The highest BCUT2D eigenvalue weighted by Crippen LogP contribution is 2.26. The number of nitro benzene ring substituents is 1. The van der Waals surface area contributed by atoms with E-state index in [1.165, 1.54) is 18.2 Å². The molecular weight excluding hydrogens is 310 g/mol. The molecule has 2 aromatic carbocycles. The van der Waals surface area contributed by atoms with Crippen LogP contribution in [-0.4, -0.2) is 19.6 Å². The lowest BCUT2D eigenvalue weighted by molar-refractivity contribution is -0.385. The predicted molar refractivity (Wildman–Crippen MR) is 77.5 cm³/mol. The van der Waals surface area contributed by atoms with Crippen molar-refractivity contribution in [2.75, 3.05) is 0 Å². The van der Waals surface area contributed by atoms with Crippen LogP contribution in [0.1, 0.15) is 15.9 Å². The molecule has 2 aromatic rings. The molecule has 0 atom stereocenters. The van der Waals surface area contributed by atoms with Crippen molar-refractivity contribution in [3.8, 4) is 5.75 Å². The SMILES string of the molecule is Cc1ccc(S(=O)(=O)Oc2ccc(C=O)c([N+](=O)[O-])c2)cc1. The van der Waals surface area contributed by atoms with Crippen LogP contribution in [0.25, 0.3) is 0 Å². The molecule has 0 N–H and O–H groups in total. The maximum atomic E-state index is 12.1. The summed E-state index contributed by atoms with van der Waals surface area (Å²) in [6.07, 6.45) is 0.316. The number of nitro groups is 1. The summed E-state index contributed by atoms with van der Waals surface area (Å²) in [7, 11) is -4.10. The van der Waals surface area contributed by atoms with Crippen LogP contribution >= 0.6 is 0 Å². The molecule has 8 heteroatoms. The average molecular weight is 321 g/mol. The van der Waals surface area contributed by atoms with Gasteiger partial charge in [-0.2, -0.15) is 8.42 Å². The van der Waals surface area contributed by atoms with Gasteiger partial charge in [-0.3, -0.25) is 14.9 Å². The first kappa shape index (κ1) is 15.6. The number of benzene rings is 2. The van der Waals surface area contributed by atoms with Gasteiger partial charge in [-0.25, -0.2) is 0 Å². The normalized spacial score (nSPS) is 11.0. The molecule has 0 saturated carbocycles. The lowest BCUT2D eigenvalue weighted by Gasteiger charge is -2.07. The van der Waals surface area contributed by atoms with E-state index in [-0.39, 0.29) is 16.2 Å². The van der Waals surface area contributed by atoms with Gasteiger partial charge in [0.05, 0.1) is 16.6 Å². The fourth-order valence-electron chi connectivity index (χ4n) is 1.71. The first-order valence-corrected chi connectivity index (χ1v) is 7.49. The Morgan fingerprint density at radius 3 is 2.32 bits per heavy atom. The smallest absolute Gasteiger partial charge is 0.339 e. The highest BCUT2D eigenvalue weighted by Gasteiger charge is 2.20. The minimum Gasteiger partial charge on any atom is -0.379 e. The van der Waals surface area contributed by atoms with Crippen LogP contribution in [0.5, 0.6) is 5.75 Å². The highest BCUT2D eigenvalue weighted by atomic mass is 32.2. The Hall–Kier alpha value is -2.74. The summed E-state index contributed by atoms with van der Waals surface area (Å²) in [4.78, 5) is 20.7. The van der Waals surface area contributed by atoms with E-state index in [0.29, 0.717) is 6.29 Å². The lowest BCUT2D eigenvalue weighted by Crippen LogP contribution is -2.10. The van der Waals surface area contributed by atoms with E-state index in [2.05, 4.69) is 0 Å². The third-order valence-corrected chi connectivity index (χ3v) is 4.10. The van der Waals surface area contributed by atoms with E-state index in [1.807, 2.05) is 0 Å². The van der Waals surface area contributed by atoms with E-state index >= 15 is 0 Å². The van der Waals surface area contributed by atoms with Crippen molar-refractivity contribution in [1.82, 2.24) is 0 Å². The number of nitrogens with zero attached hydrogens (tertiary/aromatic N) is 1. The van der Waals surface area contributed by atoms with E-state index in [1.54, 1.807) is 19.1 Å². The number of carbonyl (C=O) groups excluding carboxylic acids is 1. The summed E-state index contributed by atoms with van der Waals surface area (Å²) < 4.78 is 29.0. The summed E-state index contributed by atoms with van der Waals surface area (Å²) in [5.74, 6) is -0.238. The second kappa shape index (κ2) is 5.94. The van der Waals surface area contributed by atoms with Gasteiger partial charge in [0.15, 0.2) is 6.29 Å². The molecule has 0 fully saturated rings. The van der Waals surface area contributed by atoms with Gasteiger partial charge in [-0.15, -0.1) is 0 Å². The molecular formula is C14H11NO6S. The maximum absolute atomic E-state index is 12.1. The van der Waals surface area contributed by atoms with E-state index in [9.17, 15) is 23.3 Å². The van der Waals surface area contributed by atoms with Crippen LogP contribution in [0.15, 0.2) is 47.4 Å². The summed E-state index contributed by atoms with van der Waals surface area (Å²) in [6, 6.07) is 9.17. The number of rotatable bonds is 5. The molecule has 0 aliphatic heterocycles. The Balaban J connectivity index is 2.37. The second-order valence-corrected chi connectivity index (χ2v) is 5.99. The van der Waals surface area contributed by atoms with Gasteiger partial charge in [0.1, 0.15) is 10.6 Å². The van der Waals surface area contributed by atoms with E-state index in [4.69, 9.17) is 4.18 Å². The minimum absolute atomic E-state index is 0.0692. The van der Waals surface area contributed by atoms with Crippen LogP contribution in [-0.2, 0) is 10.1 Å². The topological polar surface area (TPSA) is 104 Å². The molecule has 0 amide bonds. The quantitative estimate of drug-likeness (QED) is 0.363. The van der Waals surface area contributed by atoms with Gasteiger partial charge in [-0.05, 0) is 31.2 Å². The Labute approximate surface area is 126 Å². The summed E-state index contributed by atoms with van der Waals surface area (Å²) >= 11 is 0. The molecule has 0 bridgehead atoms. The fraction of sp³-hybridized carbons (Fsp3) is 0.0714. The van der Waals surface area contributed by atoms with Gasteiger partial charge in [0.2, 0.25) is 0 Å². The summed E-state index contributed by atoms with van der Waals surface area (Å²) in [5, 5.41) is 10.8. The molecule has 114 valence electrons. The molecule has 0 saturated heterocycles. The fourth-order valence-corrected chi connectivity index (χ4v) is 2.64. The molecule has 22 heavy (non-hydrogen) atoms. The Kier molecular flexibility index (Phi) is 4.22. The zero-order valence-corrected chi connectivity index (χ0v) is 12.2. The van der Waals surface area contributed by atoms with Crippen molar-refractivity contribution < 1.29 is 22.3 Å². The molecule has 7 nitrogen and oxygen atoms in total. The van der Waals surface area contributed by atoms with E-state index in [0.717, 1.165) is 17.7 Å². The first-order chi connectivity index (χ1) is 10.3. The number of carbonyl (C=O) groups is 1. The van der Waals surface area contributed by atoms with Crippen LogP contribution in [0.2, 0.25) is 0 Å².